The van der Waals surface area contributed by atoms with Gasteiger partial charge in [-0.25, -0.2) is 13.6 Å². The normalized spacial score (nSPS) is 16.9. The van der Waals surface area contributed by atoms with Crippen molar-refractivity contribution in [2.45, 2.75) is 25.3 Å². The van der Waals surface area contributed by atoms with Crippen LogP contribution in [0, 0.1) is 11.6 Å². The van der Waals surface area contributed by atoms with E-state index in [2.05, 4.69) is 10.6 Å². The highest BCUT2D eigenvalue weighted by molar-refractivity contribution is 6.31. The number of fused-ring (bicyclic) bond motifs is 1. The molecule has 3 amide bonds. The minimum atomic E-state index is -0.874. The first kappa shape index (κ1) is 23.7. The largest absolute Gasteiger partial charge is 0.492 e. The molecule has 1 atom stereocenters. The summed E-state index contributed by atoms with van der Waals surface area (Å²) < 4.78 is 38.7. The topological polar surface area (TPSA) is 97.0 Å². The van der Waals surface area contributed by atoms with Gasteiger partial charge in [-0.1, -0.05) is 11.6 Å². The first-order chi connectivity index (χ1) is 16.3. The Hall–Kier alpha value is -3.40. The van der Waals surface area contributed by atoms with E-state index in [-0.39, 0.29) is 46.5 Å². The number of nitrogens with one attached hydrogen (secondary N) is 2. The van der Waals surface area contributed by atoms with E-state index in [1.807, 2.05) is 0 Å². The molecule has 0 aliphatic carbocycles. The summed E-state index contributed by atoms with van der Waals surface area (Å²) in [6.07, 6.45) is 1.19. The Kier molecular flexibility index (Phi) is 7.16. The van der Waals surface area contributed by atoms with Gasteiger partial charge in [0.05, 0.1) is 28.8 Å². The number of alkyl carbamates (subject to hydrolysis) is 1. The first-order valence-corrected chi connectivity index (χ1v) is 11.1. The predicted octanol–water partition coefficient (Wildman–Crippen LogP) is 4.04. The molecule has 0 radical (unpaired) electrons. The number of anilines is 1. The summed E-state index contributed by atoms with van der Waals surface area (Å²) in [6.45, 7) is 0.971. The molecule has 180 valence electrons. The van der Waals surface area contributed by atoms with E-state index >= 15 is 0 Å². The lowest BCUT2D eigenvalue weighted by Gasteiger charge is -2.28. The summed E-state index contributed by atoms with van der Waals surface area (Å²) in [5.41, 5.74) is 0.269. The molecule has 2 aliphatic heterocycles. The van der Waals surface area contributed by atoms with Crippen LogP contribution in [0.4, 0.5) is 19.3 Å². The molecule has 0 saturated carbocycles. The van der Waals surface area contributed by atoms with Crippen LogP contribution in [0.25, 0.3) is 0 Å². The Morgan fingerprint density at radius 3 is 2.59 bits per heavy atom. The molecule has 2 heterocycles. The van der Waals surface area contributed by atoms with Gasteiger partial charge in [0, 0.05) is 25.2 Å². The molecule has 4 rings (SSSR count). The second kappa shape index (κ2) is 10.3. The summed E-state index contributed by atoms with van der Waals surface area (Å²) in [5.74, 6) is -2.24. The van der Waals surface area contributed by atoms with Crippen LogP contribution in [-0.4, -0.2) is 49.1 Å². The van der Waals surface area contributed by atoms with Crippen molar-refractivity contribution in [2.24, 2.45) is 0 Å². The minimum absolute atomic E-state index is 0.00106. The maximum atomic E-state index is 14.7. The quantitative estimate of drug-likeness (QED) is 0.655. The number of amides is 3. The molecule has 2 aromatic carbocycles. The average Bonchev–Trinajstić information content (AvgIpc) is 3.35. The third kappa shape index (κ3) is 5.22. The number of carbonyl (C=O) groups is 3. The van der Waals surface area contributed by atoms with E-state index in [4.69, 9.17) is 21.1 Å². The molecule has 34 heavy (non-hydrogen) atoms. The van der Waals surface area contributed by atoms with Crippen molar-refractivity contribution in [3.8, 4) is 5.75 Å². The first-order valence-electron chi connectivity index (χ1n) is 10.8. The molecular weight excluding hydrogens is 472 g/mol. The van der Waals surface area contributed by atoms with Gasteiger partial charge in [-0.3, -0.25) is 9.59 Å². The van der Waals surface area contributed by atoms with Crippen molar-refractivity contribution in [1.82, 2.24) is 10.2 Å². The summed E-state index contributed by atoms with van der Waals surface area (Å²) in [6, 6.07) is 5.20. The van der Waals surface area contributed by atoms with Gasteiger partial charge in [0.15, 0.2) is 6.61 Å². The molecule has 0 bridgehead atoms. The van der Waals surface area contributed by atoms with E-state index in [0.29, 0.717) is 13.1 Å². The van der Waals surface area contributed by atoms with Crippen molar-refractivity contribution in [1.29, 1.82) is 0 Å². The third-order valence-corrected chi connectivity index (χ3v) is 5.93. The SMILES string of the molecule is O=C(N[C@H]1CCOc2c(C(=O)Nc3ccc(F)c(Cl)c3)ccc(F)c21)OCC(=O)N1CCCC1. The smallest absolute Gasteiger partial charge is 0.408 e. The van der Waals surface area contributed by atoms with Gasteiger partial charge >= 0.3 is 6.09 Å². The fourth-order valence-corrected chi connectivity index (χ4v) is 4.12. The lowest BCUT2D eigenvalue weighted by molar-refractivity contribution is -0.133. The van der Waals surface area contributed by atoms with Crippen molar-refractivity contribution in [3.05, 3.63) is 58.1 Å². The number of benzene rings is 2. The molecule has 8 nitrogen and oxygen atoms in total. The zero-order chi connectivity index (χ0) is 24.2. The van der Waals surface area contributed by atoms with Crippen LogP contribution in [0.2, 0.25) is 5.02 Å². The van der Waals surface area contributed by atoms with Crippen molar-refractivity contribution in [2.75, 3.05) is 31.6 Å². The number of hydrogen-bond donors (Lipinski definition) is 2. The second-order valence-electron chi connectivity index (χ2n) is 7.92. The molecule has 2 aromatic rings. The van der Waals surface area contributed by atoms with Crippen LogP contribution in [-0.2, 0) is 9.53 Å². The summed E-state index contributed by atoms with van der Waals surface area (Å²) >= 11 is 5.75. The van der Waals surface area contributed by atoms with Crippen LogP contribution < -0.4 is 15.4 Å². The standard InChI is InChI=1S/C23H22ClF2N3O5/c24-15-11-13(3-5-16(15)25)27-22(31)14-4-6-17(26)20-18(7-10-33-21(14)20)28-23(32)34-12-19(30)29-8-1-2-9-29/h3-6,11,18H,1-2,7-10,12H2,(H,27,31)(H,28,32)/t18-/m0/s1. The van der Waals surface area contributed by atoms with Crippen LogP contribution >= 0.6 is 11.6 Å². The second-order valence-corrected chi connectivity index (χ2v) is 8.33. The van der Waals surface area contributed by atoms with Crippen LogP contribution in [0.15, 0.2) is 30.3 Å². The van der Waals surface area contributed by atoms with E-state index in [1.54, 1.807) is 4.90 Å². The number of rotatable bonds is 5. The highest BCUT2D eigenvalue weighted by atomic mass is 35.5. The Balaban J connectivity index is 1.46. The molecule has 0 unspecified atom stereocenters. The Morgan fingerprint density at radius 2 is 1.85 bits per heavy atom. The van der Waals surface area contributed by atoms with E-state index < -0.39 is 36.3 Å². The fraction of sp³-hybridized carbons (Fsp3) is 0.348. The Bertz CT molecular complexity index is 1120. The molecule has 0 aromatic heterocycles. The van der Waals surface area contributed by atoms with Gasteiger partial charge in [0.25, 0.3) is 11.8 Å². The van der Waals surface area contributed by atoms with Gasteiger partial charge in [-0.2, -0.15) is 0 Å². The molecule has 1 fully saturated rings. The number of ether oxygens (including phenoxy) is 2. The van der Waals surface area contributed by atoms with Gasteiger partial charge in [0.2, 0.25) is 0 Å². The number of carbonyl (C=O) groups excluding carboxylic acids is 3. The molecular formula is C23H22ClF2N3O5. The lowest BCUT2D eigenvalue weighted by atomic mass is 9.96. The van der Waals surface area contributed by atoms with Gasteiger partial charge in [0.1, 0.15) is 17.4 Å². The zero-order valence-electron chi connectivity index (χ0n) is 18.0. The Labute approximate surface area is 199 Å². The molecule has 0 spiro atoms. The number of halogens is 3. The van der Waals surface area contributed by atoms with Crippen LogP contribution in [0.5, 0.6) is 5.75 Å². The zero-order valence-corrected chi connectivity index (χ0v) is 18.8. The summed E-state index contributed by atoms with van der Waals surface area (Å²) in [4.78, 5) is 38.8. The van der Waals surface area contributed by atoms with Gasteiger partial charge in [-0.15, -0.1) is 0 Å². The van der Waals surface area contributed by atoms with Gasteiger partial charge < -0.3 is 25.0 Å². The predicted molar refractivity (Wildman–Crippen MR) is 119 cm³/mol. The monoisotopic (exact) mass is 493 g/mol. The third-order valence-electron chi connectivity index (χ3n) is 5.64. The number of hydrogen-bond acceptors (Lipinski definition) is 5. The van der Waals surface area contributed by atoms with E-state index in [1.165, 1.54) is 18.2 Å². The molecule has 1 saturated heterocycles. The molecule has 11 heteroatoms. The summed E-state index contributed by atoms with van der Waals surface area (Å²) in [5, 5.41) is 4.95. The van der Waals surface area contributed by atoms with E-state index in [9.17, 15) is 23.2 Å². The maximum absolute atomic E-state index is 14.7. The fourth-order valence-electron chi connectivity index (χ4n) is 3.94. The Morgan fingerprint density at radius 1 is 1.12 bits per heavy atom. The maximum Gasteiger partial charge on any atom is 0.408 e. The molecule has 2 N–H and O–H groups in total. The van der Waals surface area contributed by atoms with Crippen LogP contribution in [0.3, 0.4) is 0 Å². The van der Waals surface area contributed by atoms with Crippen LogP contribution in [0.1, 0.15) is 41.2 Å². The minimum Gasteiger partial charge on any atom is -0.492 e. The molecule has 2 aliphatic rings. The number of nitrogens with zero attached hydrogens (tertiary/aromatic N) is 1. The highest BCUT2D eigenvalue weighted by Gasteiger charge is 2.31. The average molecular weight is 494 g/mol. The van der Waals surface area contributed by atoms with Gasteiger partial charge in [-0.05, 0) is 43.2 Å². The lowest BCUT2D eigenvalue weighted by Crippen LogP contribution is -2.37. The van der Waals surface area contributed by atoms with Crippen molar-refractivity contribution in [3.63, 3.8) is 0 Å². The number of likely N-dealkylation sites (tertiary alicyclic amines) is 1. The summed E-state index contributed by atoms with van der Waals surface area (Å²) in [7, 11) is 0. The van der Waals surface area contributed by atoms with Crippen molar-refractivity contribution >= 4 is 35.2 Å². The van der Waals surface area contributed by atoms with Crippen molar-refractivity contribution < 1.29 is 32.6 Å². The van der Waals surface area contributed by atoms with E-state index in [0.717, 1.165) is 25.0 Å². The highest BCUT2D eigenvalue weighted by Crippen LogP contribution is 2.37.